The fourth-order valence-electron chi connectivity index (χ4n) is 0.829. The molecule has 0 aromatic rings. The summed E-state index contributed by atoms with van der Waals surface area (Å²) < 4.78 is 6.74. The summed E-state index contributed by atoms with van der Waals surface area (Å²) in [7, 11) is 0. The molecule has 14 heavy (non-hydrogen) atoms. The Labute approximate surface area is 98.9 Å². The molecule has 0 bridgehead atoms. The Balaban J connectivity index is 4.24. The van der Waals surface area contributed by atoms with Crippen LogP contribution in [0.1, 0.15) is 20.8 Å². The lowest BCUT2D eigenvalue weighted by Gasteiger charge is -1.95. The van der Waals surface area contributed by atoms with Crippen LogP contribution in [-0.4, -0.2) is 12.6 Å². The molecule has 0 aliphatic carbocycles. The average molecular weight is 306 g/mol. The normalized spacial score (nSPS) is 13.4. The topological polar surface area (TPSA) is 26.3 Å². The monoisotopic (exact) mass is 306 g/mol. The molecule has 0 spiro atoms. The molecule has 0 unspecified atom stereocenters. The Bertz CT molecular complexity index is 275. The van der Waals surface area contributed by atoms with Gasteiger partial charge < -0.3 is 4.74 Å². The summed E-state index contributed by atoms with van der Waals surface area (Å²) in [6.07, 6.45) is 5.19. The van der Waals surface area contributed by atoms with Crippen LogP contribution < -0.4 is 0 Å². The van der Waals surface area contributed by atoms with Crippen molar-refractivity contribution in [3.05, 3.63) is 33.5 Å². The summed E-state index contributed by atoms with van der Waals surface area (Å²) in [4.78, 5) is 11.0. The van der Waals surface area contributed by atoms with E-state index in [9.17, 15) is 4.79 Å². The van der Waals surface area contributed by atoms with Crippen LogP contribution in [0.15, 0.2) is 33.5 Å². The van der Waals surface area contributed by atoms with Crippen molar-refractivity contribution in [3.63, 3.8) is 0 Å². The van der Waals surface area contributed by atoms with Gasteiger partial charge in [0.2, 0.25) is 0 Å². The summed E-state index contributed by atoms with van der Waals surface area (Å²) in [6, 6.07) is 0. The molecule has 0 aromatic carbocycles. The molecular formula is C11H15IO2. The van der Waals surface area contributed by atoms with E-state index in [2.05, 4.69) is 22.6 Å². The second kappa shape index (κ2) is 7.79. The molecule has 0 atom stereocenters. The van der Waals surface area contributed by atoms with Gasteiger partial charge in [0.25, 0.3) is 0 Å². The van der Waals surface area contributed by atoms with Crippen molar-refractivity contribution in [2.45, 2.75) is 20.8 Å². The van der Waals surface area contributed by atoms with Crippen LogP contribution in [0.2, 0.25) is 0 Å². The first-order valence-corrected chi connectivity index (χ1v) is 5.64. The van der Waals surface area contributed by atoms with E-state index < -0.39 is 0 Å². The highest BCUT2D eigenvalue weighted by Gasteiger charge is 1.92. The molecule has 78 valence electrons. The molecule has 0 saturated heterocycles. The minimum atomic E-state index is -0.295. The fraction of sp³-hybridized carbons (Fsp3) is 0.364. The Hall–Kier alpha value is -0.580. The third-order valence-electron chi connectivity index (χ3n) is 1.40. The number of carbonyl (C=O) groups is 1. The quantitative estimate of drug-likeness (QED) is 0.344. The van der Waals surface area contributed by atoms with Gasteiger partial charge in [0, 0.05) is 6.08 Å². The average Bonchev–Trinajstić information content (AvgIpc) is 2.15. The molecule has 0 rings (SSSR count). The van der Waals surface area contributed by atoms with E-state index in [1.807, 2.05) is 24.0 Å². The van der Waals surface area contributed by atoms with Crippen molar-refractivity contribution in [2.75, 3.05) is 6.61 Å². The Morgan fingerprint density at radius 3 is 2.43 bits per heavy atom. The van der Waals surface area contributed by atoms with Crippen LogP contribution in [0, 0.1) is 0 Å². The van der Waals surface area contributed by atoms with E-state index in [1.54, 1.807) is 13.0 Å². The van der Waals surface area contributed by atoms with Gasteiger partial charge in [-0.05, 0) is 30.4 Å². The van der Waals surface area contributed by atoms with E-state index in [0.29, 0.717) is 6.61 Å². The predicted molar refractivity (Wildman–Crippen MR) is 67.3 cm³/mol. The van der Waals surface area contributed by atoms with E-state index in [0.717, 1.165) is 11.1 Å². The van der Waals surface area contributed by atoms with Gasteiger partial charge in [-0.1, -0.05) is 40.3 Å². The summed E-state index contributed by atoms with van der Waals surface area (Å²) >= 11 is 2.18. The van der Waals surface area contributed by atoms with Crippen LogP contribution in [0.25, 0.3) is 0 Å². The zero-order valence-electron chi connectivity index (χ0n) is 8.71. The molecule has 0 amide bonds. The van der Waals surface area contributed by atoms with Crippen LogP contribution in [0.3, 0.4) is 0 Å². The number of hydrogen-bond donors (Lipinski definition) is 0. The Morgan fingerprint density at radius 2 is 1.93 bits per heavy atom. The highest BCUT2D eigenvalue weighted by atomic mass is 127. The minimum Gasteiger partial charge on any atom is -0.463 e. The SMILES string of the molecule is CCOC(=O)/C=C/C(C)=C/C(C)=C/I. The first kappa shape index (κ1) is 13.4. The second-order valence-electron chi connectivity index (χ2n) is 2.83. The molecule has 0 aromatic heterocycles. The van der Waals surface area contributed by atoms with Crippen molar-refractivity contribution in [1.29, 1.82) is 0 Å². The Morgan fingerprint density at radius 1 is 1.29 bits per heavy atom. The first-order chi connectivity index (χ1) is 6.60. The molecule has 0 N–H and O–H groups in total. The van der Waals surface area contributed by atoms with Crippen LogP contribution in [0.4, 0.5) is 0 Å². The zero-order valence-corrected chi connectivity index (χ0v) is 10.9. The van der Waals surface area contributed by atoms with Crippen molar-refractivity contribution < 1.29 is 9.53 Å². The largest absolute Gasteiger partial charge is 0.463 e. The zero-order chi connectivity index (χ0) is 11.0. The summed E-state index contributed by atoms with van der Waals surface area (Å²) in [5.74, 6) is -0.295. The maximum Gasteiger partial charge on any atom is 0.330 e. The van der Waals surface area contributed by atoms with Gasteiger partial charge in [0.1, 0.15) is 0 Å². The lowest BCUT2D eigenvalue weighted by molar-refractivity contribution is -0.137. The van der Waals surface area contributed by atoms with Gasteiger partial charge in [0.15, 0.2) is 0 Å². The number of hydrogen-bond acceptors (Lipinski definition) is 2. The molecule has 0 heterocycles. The third-order valence-corrected chi connectivity index (χ3v) is 2.38. The predicted octanol–water partition coefficient (Wildman–Crippen LogP) is 3.39. The molecule has 2 nitrogen and oxygen atoms in total. The molecule has 0 fully saturated rings. The van der Waals surface area contributed by atoms with Crippen molar-refractivity contribution in [2.24, 2.45) is 0 Å². The summed E-state index contributed by atoms with van der Waals surface area (Å²) in [5, 5.41) is 0. The van der Waals surface area contributed by atoms with Crippen LogP contribution in [0.5, 0.6) is 0 Å². The maximum atomic E-state index is 11.0. The van der Waals surface area contributed by atoms with Gasteiger partial charge in [-0.3, -0.25) is 0 Å². The van der Waals surface area contributed by atoms with Gasteiger partial charge in [-0.15, -0.1) is 0 Å². The molecule has 0 aliphatic heterocycles. The number of allylic oxidation sites excluding steroid dienone is 4. The van der Waals surface area contributed by atoms with E-state index in [1.165, 1.54) is 6.08 Å². The second-order valence-corrected chi connectivity index (χ2v) is 3.45. The summed E-state index contributed by atoms with van der Waals surface area (Å²) in [5.41, 5.74) is 2.19. The number of esters is 1. The lowest BCUT2D eigenvalue weighted by atomic mass is 10.2. The highest BCUT2D eigenvalue weighted by Crippen LogP contribution is 2.05. The molecule has 0 saturated carbocycles. The van der Waals surface area contributed by atoms with Gasteiger partial charge in [-0.25, -0.2) is 4.79 Å². The number of ether oxygens (including phenoxy) is 1. The number of rotatable bonds is 4. The van der Waals surface area contributed by atoms with Gasteiger partial charge in [-0.2, -0.15) is 0 Å². The molecular weight excluding hydrogens is 291 g/mol. The third kappa shape index (κ3) is 6.88. The minimum absolute atomic E-state index is 0.295. The van der Waals surface area contributed by atoms with Gasteiger partial charge >= 0.3 is 5.97 Å². The van der Waals surface area contributed by atoms with E-state index in [-0.39, 0.29) is 5.97 Å². The number of halogens is 1. The number of carbonyl (C=O) groups excluding carboxylic acids is 1. The molecule has 3 heteroatoms. The maximum absolute atomic E-state index is 11.0. The molecule has 0 radical (unpaired) electrons. The first-order valence-electron chi connectivity index (χ1n) is 4.40. The van der Waals surface area contributed by atoms with Gasteiger partial charge in [0.05, 0.1) is 6.61 Å². The Kier molecular flexibility index (Phi) is 7.47. The van der Waals surface area contributed by atoms with Crippen molar-refractivity contribution >= 4 is 28.6 Å². The molecule has 0 aliphatic rings. The standard InChI is InChI=1S/C11H15IO2/c1-4-14-11(13)6-5-9(2)7-10(3)8-12/h5-8H,4H2,1-3H3/b6-5+,9-7+,10-8+. The van der Waals surface area contributed by atoms with Crippen LogP contribution >= 0.6 is 22.6 Å². The highest BCUT2D eigenvalue weighted by molar-refractivity contribution is 14.1. The lowest BCUT2D eigenvalue weighted by Crippen LogP contribution is -1.98. The summed E-state index contributed by atoms with van der Waals surface area (Å²) in [6.45, 7) is 6.16. The smallest absolute Gasteiger partial charge is 0.330 e. The van der Waals surface area contributed by atoms with Crippen molar-refractivity contribution in [1.82, 2.24) is 0 Å². The van der Waals surface area contributed by atoms with E-state index in [4.69, 9.17) is 4.74 Å². The van der Waals surface area contributed by atoms with Crippen molar-refractivity contribution in [3.8, 4) is 0 Å². The fourth-order valence-corrected chi connectivity index (χ4v) is 1.01. The van der Waals surface area contributed by atoms with Crippen LogP contribution in [-0.2, 0) is 9.53 Å². The van der Waals surface area contributed by atoms with E-state index >= 15 is 0 Å².